The van der Waals surface area contributed by atoms with Crippen molar-refractivity contribution in [2.75, 3.05) is 0 Å². The molecule has 0 amide bonds. The van der Waals surface area contributed by atoms with Crippen LogP contribution in [0.1, 0.15) is 0 Å². The maximum atomic E-state index is 12.5. The third-order valence-corrected chi connectivity index (χ3v) is 1.81. The lowest BCUT2D eigenvalue weighted by atomic mass is 10.6. The summed E-state index contributed by atoms with van der Waals surface area (Å²) in [5.41, 5.74) is 0. The zero-order valence-corrected chi connectivity index (χ0v) is 9.36. The molecular weight excluding hydrogens is 353 g/mol. The smallest absolute Gasteiger partial charge is 0.237 e. The number of hydrogen-bond acceptors (Lipinski definition) is 2. The minimum absolute atomic E-state index is 1.79. The first-order valence-corrected chi connectivity index (χ1v) is 4.34. The molecule has 0 saturated heterocycles. The normalized spacial score (nSPS) is 18.3. The fourth-order valence-corrected chi connectivity index (χ4v) is 0.563. The highest BCUT2D eigenvalue weighted by Gasteiger charge is 2.68. The molecule has 14 heteroatoms. The molecule has 0 spiro atoms. The van der Waals surface area contributed by atoms with E-state index in [1.165, 1.54) is 0 Å². The van der Waals surface area contributed by atoms with E-state index >= 15 is 0 Å². The fourth-order valence-electron chi connectivity index (χ4n) is 0.435. The average molecular weight is 353 g/mol. The summed E-state index contributed by atoms with van der Waals surface area (Å²) in [5.74, 6) is 0. The van der Waals surface area contributed by atoms with Crippen LogP contribution in [0.4, 0.5) is 43.9 Å². The van der Waals surface area contributed by atoms with Crippen molar-refractivity contribution in [2.45, 2.75) is 29.3 Å². The van der Waals surface area contributed by atoms with Gasteiger partial charge in [-0.2, -0.15) is 35.1 Å². The number of alkyl halides is 12. The Labute approximate surface area is 107 Å². The third kappa shape index (κ3) is 5.00. The zero-order valence-electron chi connectivity index (χ0n) is 7.85. The second-order valence-corrected chi connectivity index (χ2v) is 3.66. The van der Waals surface area contributed by atoms with Gasteiger partial charge in [0.2, 0.25) is 0 Å². The lowest BCUT2D eigenvalue weighted by Gasteiger charge is -2.29. The highest BCUT2D eigenvalue weighted by Crippen LogP contribution is 2.47. The molecule has 0 rings (SSSR count). The second-order valence-electron chi connectivity index (χ2n) is 2.70. The Morgan fingerprint density at radius 3 is 1.26 bits per heavy atom. The van der Waals surface area contributed by atoms with Gasteiger partial charge >= 0.3 is 29.3 Å². The van der Waals surface area contributed by atoms with Crippen LogP contribution >= 0.6 is 23.2 Å². The van der Waals surface area contributed by atoms with Gasteiger partial charge < -0.3 is 0 Å². The van der Waals surface area contributed by atoms with E-state index in [0.29, 0.717) is 0 Å². The summed E-state index contributed by atoms with van der Waals surface area (Å²) >= 11 is 7.81. The molecule has 0 N–H and O–H groups in total. The molecule has 0 bridgehead atoms. The molecule has 0 saturated carbocycles. The van der Waals surface area contributed by atoms with E-state index in [2.05, 4.69) is 27.9 Å². The van der Waals surface area contributed by atoms with Gasteiger partial charge in [-0.1, -0.05) is 0 Å². The van der Waals surface area contributed by atoms with Crippen LogP contribution in [0, 0.1) is 0 Å². The molecule has 116 valence electrons. The van der Waals surface area contributed by atoms with Crippen molar-refractivity contribution in [3.05, 3.63) is 0 Å². The largest absolute Gasteiger partial charge is 0.494 e. The molecule has 0 fully saturated rings. The van der Waals surface area contributed by atoms with Crippen molar-refractivity contribution < 1.29 is 53.4 Å². The lowest BCUT2D eigenvalue weighted by molar-refractivity contribution is -0.531. The van der Waals surface area contributed by atoms with Crippen LogP contribution in [0.5, 0.6) is 0 Å². The van der Waals surface area contributed by atoms with E-state index in [0.717, 1.165) is 0 Å². The van der Waals surface area contributed by atoms with E-state index in [1.807, 2.05) is 0 Å². The first-order chi connectivity index (χ1) is 7.91. The van der Waals surface area contributed by atoms with Gasteiger partial charge in [-0.3, -0.25) is 0 Å². The van der Waals surface area contributed by atoms with Gasteiger partial charge in [0.1, 0.15) is 0 Å². The van der Waals surface area contributed by atoms with Crippen molar-refractivity contribution in [3.8, 4) is 0 Å². The van der Waals surface area contributed by atoms with Crippen LogP contribution in [0.3, 0.4) is 0 Å². The Morgan fingerprint density at radius 2 is 1.00 bits per heavy atom. The van der Waals surface area contributed by atoms with Crippen LogP contribution in [-0.2, 0) is 9.47 Å². The number of hydrogen-bond donors (Lipinski definition) is 0. The standard InChI is InChI=1S/C5Cl2F10O2/c6-1(8,9)2(7,10)18-5(16,17)19-4(14,15)3(11,12)13. The van der Waals surface area contributed by atoms with Crippen LogP contribution in [0.25, 0.3) is 0 Å². The van der Waals surface area contributed by atoms with Gasteiger partial charge in [-0.15, -0.1) is 8.78 Å². The van der Waals surface area contributed by atoms with E-state index in [4.69, 9.17) is 0 Å². The first kappa shape index (κ1) is 18.8. The Balaban J connectivity index is 5.03. The molecule has 0 aliphatic heterocycles. The zero-order chi connectivity index (χ0) is 15.9. The summed E-state index contributed by atoms with van der Waals surface area (Å²) in [6, 6.07) is 0. The van der Waals surface area contributed by atoms with Gasteiger partial charge in [0.25, 0.3) is 0 Å². The monoisotopic (exact) mass is 352 g/mol. The topological polar surface area (TPSA) is 18.5 Å². The Morgan fingerprint density at radius 1 is 0.632 bits per heavy atom. The number of rotatable bonds is 5. The third-order valence-electron chi connectivity index (χ3n) is 1.15. The molecule has 19 heavy (non-hydrogen) atoms. The molecule has 0 aromatic rings. The van der Waals surface area contributed by atoms with Crippen molar-refractivity contribution in [1.29, 1.82) is 0 Å². The molecule has 0 aliphatic carbocycles. The van der Waals surface area contributed by atoms with Crippen LogP contribution in [0.2, 0.25) is 0 Å². The maximum Gasteiger partial charge on any atom is 0.494 e. The van der Waals surface area contributed by atoms with Crippen molar-refractivity contribution >= 4 is 23.2 Å². The molecule has 0 aliphatic rings. The predicted octanol–water partition coefficient (Wildman–Crippen LogP) is 4.42. The van der Waals surface area contributed by atoms with Crippen LogP contribution in [-0.4, -0.2) is 29.3 Å². The highest BCUT2D eigenvalue weighted by molar-refractivity contribution is 6.31. The van der Waals surface area contributed by atoms with Gasteiger partial charge in [-0.25, -0.2) is 9.47 Å². The average Bonchev–Trinajstić information content (AvgIpc) is 1.93. The highest BCUT2D eigenvalue weighted by atomic mass is 35.5. The number of ether oxygens (including phenoxy) is 2. The van der Waals surface area contributed by atoms with Crippen molar-refractivity contribution in [1.82, 2.24) is 0 Å². The van der Waals surface area contributed by atoms with E-state index < -0.39 is 29.3 Å². The molecular formula is C5Cl2F10O2. The minimum Gasteiger partial charge on any atom is -0.237 e. The molecule has 0 heterocycles. The quantitative estimate of drug-likeness (QED) is 0.414. The number of halogens is 12. The van der Waals surface area contributed by atoms with Gasteiger partial charge in [0, 0.05) is 0 Å². The van der Waals surface area contributed by atoms with Crippen molar-refractivity contribution in [3.63, 3.8) is 0 Å². The van der Waals surface area contributed by atoms with E-state index in [-0.39, 0.29) is 0 Å². The summed E-state index contributed by atoms with van der Waals surface area (Å²) in [4.78, 5) is 0. The molecule has 1 unspecified atom stereocenters. The summed E-state index contributed by atoms with van der Waals surface area (Å²) in [5, 5.41) is -10.7. The van der Waals surface area contributed by atoms with E-state index in [9.17, 15) is 43.9 Å². The molecule has 0 aromatic carbocycles. The summed E-state index contributed by atoms with van der Waals surface area (Å²) in [7, 11) is 0. The van der Waals surface area contributed by atoms with E-state index in [1.54, 1.807) is 4.74 Å². The minimum atomic E-state index is -6.64. The second kappa shape index (κ2) is 4.97. The summed E-state index contributed by atoms with van der Waals surface area (Å²) in [6.45, 7) is 0. The van der Waals surface area contributed by atoms with Crippen molar-refractivity contribution in [2.24, 2.45) is 0 Å². The fraction of sp³-hybridized carbons (Fsp3) is 1.00. The van der Waals surface area contributed by atoms with Gasteiger partial charge in [0.05, 0.1) is 0 Å². The summed E-state index contributed by atoms with van der Waals surface area (Å²) in [6.07, 6.45) is -19.3. The Bertz CT molecular complexity index is 291. The maximum absolute atomic E-state index is 12.5. The van der Waals surface area contributed by atoms with Crippen LogP contribution < -0.4 is 0 Å². The SMILES string of the molecule is FC(F)(OC(F)(F)C(F)(F)F)OC(F)(Cl)C(F)(F)Cl. The lowest BCUT2D eigenvalue weighted by Crippen LogP contribution is -2.50. The molecule has 0 radical (unpaired) electrons. The summed E-state index contributed by atoms with van der Waals surface area (Å²) < 4.78 is 124. The molecule has 2 nitrogen and oxygen atoms in total. The van der Waals surface area contributed by atoms with Gasteiger partial charge in [-0.05, 0) is 23.2 Å². The Kier molecular flexibility index (Phi) is 4.92. The first-order valence-electron chi connectivity index (χ1n) is 3.58. The predicted molar refractivity (Wildman–Crippen MR) is 38.6 cm³/mol. The molecule has 1 atom stereocenters. The van der Waals surface area contributed by atoms with Gasteiger partial charge in [0.15, 0.2) is 0 Å². The van der Waals surface area contributed by atoms with Crippen LogP contribution in [0.15, 0.2) is 0 Å². The molecule has 0 aromatic heterocycles. The Hall–Kier alpha value is -0.200.